The highest BCUT2D eigenvalue weighted by Gasteiger charge is 2.76. The third kappa shape index (κ3) is 4.88. The van der Waals surface area contributed by atoms with Crippen molar-refractivity contribution in [3.05, 3.63) is 54.6 Å². The van der Waals surface area contributed by atoms with Gasteiger partial charge in [-0.05, 0) is 50.5 Å². The first-order valence-corrected chi connectivity index (χ1v) is 14.6. The van der Waals surface area contributed by atoms with Crippen LogP contribution < -0.4 is 4.90 Å². The number of rotatable bonds is 11. The highest BCUT2D eigenvalue weighted by molar-refractivity contribution is 9.09. The minimum absolute atomic E-state index is 0.0599. The molecule has 7 atom stereocenters. The van der Waals surface area contributed by atoms with E-state index in [1.165, 1.54) is 4.90 Å². The minimum Gasteiger partial charge on any atom is -0.465 e. The molecule has 0 radical (unpaired) electrons. The van der Waals surface area contributed by atoms with Gasteiger partial charge < -0.3 is 19.6 Å². The number of hydrogen-bond acceptors (Lipinski definition) is 6. The smallest absolute Gasteiger partial charge is 0.310 e. The van der Waals surface area contributed by atoms with Gasteiger partial charge in [0.15, 0.2) is 0 Å². The quantitative estimate of drug-likeness (QED) is 0.175. The zero-order valence-corrected chi connectivity index (χ0v) is 23.9. The lowest BCUT2D eigenvalue weighted by molar-refractivity contribution is -0.154. The lowest BCUT2D eigenvalue weighted by Crippen LogP contribution is -2.57. The average molecular weight is 612 g/mol. The Bertz CT molecular complexity index is 1070. The van der Waals surface area contributed by atoms with Crippen molar-refractivity contribution in [1.82, 2.24) is 4.90 Å². The molecule has 1 aromatic carbocycles. The number of fused-ring (bicyclic) bond motifs is 1. The number of carbonyl (C=O) groups excluding carboxylic acids is 3. The number of esters is 1. The molecule has 3 aliphatic rings. The molecule has 3 saturated heterocycles. The molecule has 1 N–H and O–H groups in total. The number of halogens is 2. The maximum atomic E-state index is 14.4. The van der Waals surface area contributed by atoms with E-state index in [0.29, 0.717) is 23.6 Å². The van der Waals surface area contributed by atoms with Gasteiger partial charge in [-0.1, -0.05) is 39.7 Å². The van der Waals surface area contributed by atoms with Crippen LogP contribution in [0.15, 0.2) is 49.6 Å². The summed E-state index contributed by atoms with van der Waals surface area (Å²) < 4.78 is 4.78. The summed E-state index contributed by atoms with van der Waals surface area (Å²) in [5.74, 6) is -2.34. The van der Waals surface area contributed by atoms with Gasteiger partial charge in [0.25, 0.3) is 5.91 Å². The fraction of sp³-hybridized carbons (Fsp3) is 0.519. The number of aliphatic hydroxyl groups is 1. The van der Waals surface area contributed by atoms with E-state index < -0.39 is 34.6 Å². The predicted octanol–water partition coefficient (Wildman–Crippen LogP) is 4.21. The number of aliphatic hydroxyl groups excluding tert-OH is 1. The number of thioether (sulfide) groups is 1. The molecule has 37 heavy (non-hydrogen) atoms. The first kappa shape index (κ1) is 28.2. The maximum Gasteiger partial charge on any atom is 0.310 e. The normalized spacial score (nSPS) is 30.6. The Kier molecular flexibility index (Phi) is 8.78. The van der Waals surface area contributed by atoms with Crippen LogP contribution in [0.25, 0.3) is 0 Å². The Labute approximate surface area is 235 Å². The van der Waals surface area contributed by atoms with Gasteiger partial charge in [-0.2, -0.15) is 0 Å². The van der Waals surface area contributed by atoms with Crippen molar-refractivity contribution >= 4 is 62.8 Å². The van der Waals surface area contributed by atoms with Gasteiger partial charge in [0.1, 0.15) is 6.04 Å². The number of unbranched alkanes of at least 4 members (excludes halogenated alkanes) is 1. The predicted molar refractivity (Wildman–Crippen MR) is 150 cm³/mol. The van der Waals surface area contributed by atoms with Crippen LogP contribution in [-0.4, -0.2) is 74.5 Å². The summed E-state index contributed by atoms with van der Waals surface area (Å²) in [6.45, 7) is 9.41. The summed E-state index contributed by atoms with van der Waals surface area (Å²) >= 11 is 11.4. The molecular formula is C27H32BrClN2O5S. The number of alkyl halides is 1. The van der Waals surface area contributed by atoms with Gasteiger partial charge in [0.2, 0.25) is 5.91 Å². The molecule has 10 heteroatoms. The molecule has 3 aliphatic heterocycles. The second-order valence-electron chi connectivity index (χ2n) is 9.75. The monoisotopic (exact) mass is 610 g/mol. The van der Waals surface area contributed by atoms with Gasteiger partial charge in [-0.25, -0.2) is 0 Å². The van der Waals surface area contributed by atoms with Crippen molar-refractivity contribution in [2.24, 2.45) is 11.8 Å². The van der Waals surface area contributed by atoms with E-state index in [0.717, 1.165) is 6.42 Å². The van der Waals surface area contributed by atoms with Crippen LogP contribution in [0.3, 0.4) is 0 Å². The van der Waals surface area contributed by atoms with Crippen molar-refractivity contribution < 1.29 is 24.2 Å². The SMILES string of the molecule is C=CCCCOC(=O)[C@H]1[C@@H]2SC3(CC2Br)C(C(=O)N(CC=C)c2ccc(Cl)cc2)N([C@H](C)CO)C(=O)[C@H]13. The second kappa shape index (κ2) is 11.5. The van der Waals surface area contributed by atoms with Crippen LogP contribution >= 0.6 is 39.3 Å². The maximum absolute atomic E-state index is 14.4. The van der Waals surface area contributed by atoms with E-state index in [9.17, 15) is 19.5 Å². The first-order valence-electron chi connectivity index (χ1n) is 12.4. The molecule has 0 aliphatic carbocycles. The largest absolute Gasteiger partial charge is 0.465 e. The molecule has 1 aromatic rings. The molecule has 2 amide bonds. The van der Waals surface area contributed by atoms with E-state index in [1.54, 1.807) is 60.0 Å². The Hall–Kier alpha value is -1.81. The van der Waals surface area contributed by atoms with E-state index in [-0.39, 0.29) is 41.6 Å². The van der Waals surface area contributed by atoms with Gasteiger partial charge in [-0.3, -0.25) is 14.4 Å². The number of anilines is 1. The van der Waals surface area contributed by atoms with E-state index >= 15 is 0 Å². The summed E-state index contributed by atoms with van der Waals surface area (Å²) in [5, 5.41) is 10.4. The van der Waals surface area contributed by atoms with Crippen molar-refractivity contribution in [3.63, 3.8) is 0 Å². The van der Waals surface area contributed by atoms with Gasteiger partial charge in [0.05, 0.1) is 35.8 Å². The fourth-order valence-electron chi connectivity index (χ4n) is 5.90. The standard InChI is InChI=1S/C27H32BrClN2O5S/c1-4-6-7-13-36-26(35)20-21-24(33)31(16(3)15-32)23(27(21)14-19(28)22(20)37-27)25(34)30(12-5-2)18-10-8-17(29)9-11-18/h4-5,8-11,16,19-23,32H,1-2,6-7,12-15H2,3H3/t16-,19?,20-,21+,22-,23?,27?/m1/s1. The van der Waals surface area contributed by atoms with Crippen molar-refractivity contribution in [3.8, 4) is 0 Å². The lowest BCUT2D eigenvalue weighted by atomic mass is 9.71. The van der Waals surface area contributed by atoms with Gasteiger partial charge >= 0.3 is 5.97 Å². The third-order valence-electron chi connectivity index (χ3n) is 7.49. The number of likely N-dealkylation sites (tertiary alicyclic amines) is 1. The zero-order chi connectivity index (χ0) is 26.9. The molecular weight excluding hydrogens is 580 g/mol. The molecule has 200 valence electrons. The van der Waals surface area contributed by atoms with Crippen molar-refractivity contribution in [2.45, 2.75) is 53.1 Å². The highest BCUT2D eigenvalue weighted by Crippen LogP contribution is 2.68. The van der Waals surface area contributed by atoms with Crippen LogP contribution in [0.1, 0.15) is 26.2 Å². The van der Waals surface area contributed by atoms with Crippen LogP contribution in [0.2, 0.25) is 5.02 Å². The number of amides is 2. The number of nitrogens with zero attached hydrogens (tertiary/aromatic N) is 2. The number of hydrogen-bond donors (Lipinski definition) is 1. The summed E-state index contributed by atoms with van der Waals surface area (Å²) in [4.78, 5) is 44.7. The van der Waals surface area contributed by atoms with E-state index in [2.05, 4.69) is 29.1 Å². The number of allylic oxidation sites excluding steroid dienone is 1. The fourth-order valence-corrected chi connectivity index (χ4v) is 9.60. The Morgan fingerprint density at radius 1 is 1.35 bits per heavy atom. The summed E-state index contributed by atoms with van der Waals surface area (Å²) in [6.07, 6.45) is 5.34. The Morgan fingerprint density at radius 3 is 2.68 bits per heavy atom. The third-order valence-corrected chi connectivity index (χ3v) is 11.0. The molecule has 0 aromatic heterocycles. The van der Waals surface area contributed by atoms with E-state index in [4.69, 9.17) is 16.3 Å². The second-order valence-corrected chi connectivity index (χ2v) is 12.9. The lowest BCUT2D eigenvalue weighted by Gasteiger charge is -2.39. The summed E-state index contributed by atoms with van der Waals surface area (Å²) in [5.41, 5.74) is 0.629. The Morgan fingerprint density at radius 2 is 2.05 bits per heavy atom. The Balaban J connectivity index is 1.74. The molecule has 3 unspecified atom stereocenters. The van der Waals surface area contributed by atoms with Crippen molar-refractivity contribution in [1.29, 1.82) is 0 Å². The van der Waals surface area contributed by atoms with E-state index in [1.807, 2.05) is 0 Å². The molecule has 3 heterocycles. The van der Waals surface area contributed by atoms with Crippen LogP contribution in [-0.2, 0) is 19.1 Å². The summed E-state index contributed by atoms with van der Waals surface area (Å²) in [7, 11) is 0. The molecule has 3 fully saturated rings. The number of ether oxygens (including phenoxy) is 1. The molecule has 4 rings (SSSR count). The average Bonchev–Trinajstić information content (AvgIpc) is 3.48. The number of carbonyl (C=O) groups is 3. The first-order chi connectivity index (χ1) is 17.7. The molecule has 0 saturated carbocycles. The molecule has 7 nitrogen and oxygen atoms in total. The minimum atomic E-state index is -0.864. The summed E-state index contributed by atoms with van der Waals surface area (Å²) in [6, 6.07) is 5.46. The van der Waals surface area contributed by atoms with Crippen LogP contribution in [0, 0.1) is 11.8 Å². The van der Waals surface area contributed by atoms with Crippen molar-refractivity contribution in [2.75, 3.05) is 24.7 Å². The zero-order valence-electron chi connectivity index (χ0n) is 20.7. The van der Waals surface area contributed by atoms with Gasteiger partial charge in [-0.15, -0.1) is 24.9 Å². The topological polar surface area (TPSA) is 87.2 Å². The molecule has 2 bridgehead atoms. The van der Waals surface area contributed by atoms with Crippen LogP contribution in [0.4, 0.5) is 5.69 Å². The molecule has 1 spiro atoms. The highest BCUT2D eigenvalue weighted by atomic mass is 79.9. The van der Waals surface area contributed by atoms with Crippen LogP contribution in [0.5, 0.6) is 0 Å². The number of benzene rings is 1. The van der Waals surface area contributed by atoms with Gasteiger partial charge in [0, 0.05) is 27.3 Å².